The van der Waals surface area contributed by atoms with Crippen LogP contribution in [0.25, 0.3) is 10.2 Å². The van der Waals surface area contributed by atoms with Gasteiger partial charge in [-0.2, -0.15) is 0 Å². The van der Waals surface area contributed by atoms with E-state index in [2.05, 4.69) is 46.2 Å². The molecule has 1 aliphatic rings. The number of methoxy groups -OCH3 is 1. The summed E-state index contributed by atoms with van der Waals surface area (Å²) in [7, 11) is 1.66. The predicted octanol–water partition coefficient (Wildman–Crippen LogP) is 5.60. The maximum atomic E-state index is 14.4. The first kappa shape index (κ1) is 24.1. The van der Waals surface area contributed by atoms with E-state index in [0.29, 0.717) is 29.7 Å². The number of fused-ring (bicyclic) bond motifs is 1. The lowest BCUT2D eigenvalue weighted by atomic mass is 10.1. The van der Waals surface area contributed by atoms with E-state index in [-0.39, 0.29) is 11.7 Å². The molecule has 0 saturated carbocycles. The standard InChI is InChI=1S/C28H28FN3O3S/c1-35-23-11-7-19(8-12-23)13-15-32(28-30-25-4-2-3-24(29)26(25)36-28)17-20-5-9-22(10-6-20)31-16-14-21(18-31)27(33)34/h2-12,21H,13-18H2,1H3,(H,33,34)/t21-/m0/s1. The molecule has 0 radical (unpaired) electrons. The van der Waals surface area contributed by atoms with Gasteiger partial charge in [-0.1, -0.05) is 41.7 Å². The maximum absolute atomic E-state index is 14.4. The van der Waals surface area contributed by atoms with Gasteiger partial charge in [0.25, 0.3) is 0 Å². The Balaban J connectivity index is 1.35. The Morgan fingerprint density at radius 3 is 2.56 bits per heavy atom. The van der Waals surface area contributed by atoms with Crippen LogP contribution >= 0.6 is 11.3 Å². The van der Waals surface area contributed by atoms with Gasteiger partial charge >= 0.3 is 5.97 Å². The number of hydrogen-bond donors (Lipinski definition) is 1. The molecule has 0 amide bonds. The van der Waals surface area contributed by atoms with Gasteiger partial charge in [-0.25, -0.2) is 9.37 Å². The van der Waals surface area contributed by atoms with Crippen LogP contribution in [0.3, 0.4) is 0 Å². The van der Waals surface area contributed by atoms with E-state index in [9.17, 15) is 14.3 Å². The highest BCUT2D eigenvalue weighted by Crippen LogP contribution is 2.32. The van der Waals surface area contributed by atoms with E-state index in [1.165, 1.54) is 23.0 Å². The minimum absolute atomic E-state index is 0.249. The smallest absolute Gasteiger partial charge is 0.308 e. The van der Waals surface area contributed by atoms with Crippen LogP contribution in [0.15, 0.2) is 66.7 Å². The molecule has 1 N–H and O–H groups in total. The highest BCUT2D eigenvalue weighted by Gasteiger charge is 2.28. The average molecular weight is 506 g/mol. The molecule has 0 aliphatic carbocycles. The molecule has 186 valence electrons. The first-order chi connectivity index (χ1) is 17.5. The van der Waals surface area contributed by atoms with Gasteiger partial charge in [-0.05, 0) is 60.4 Å². The van der Waals surface area contributed by atoms with Crippen LogP contribution in [0.4, 0.5) is 15.2 Å². The van der Waals surface area contributed by atoms with E-state index in [1.807, 2.05) is 18.2 Å². The molecule has 0 unspecified atom stereocenters. The summed E-state index contributed by atoms with van der Waals surface area (Å²) in [4.78, 5) is 20.4. The second-order valence-electron chi connectivity index (χ2n) is 9.04. The number of rotatable bonds is 9. The summed E-state index contributed by atoms with van der Waals surface area (Å²) in [5, 5.41) is 10.1. The summed E-state index contributed by atoms with van der Waals surface area (Å²) < 4.78 is 20.2. The molecule has 8 heteroatoms. The molecule has 1 aromatic heterocycles. The second-order valence-corrected chi connectivity index (χ2v) is 10.0. The quantitative estimate of drug-likeness (QED) is 0.319. The number of aromatic nitrogens is 1. The number of nitrogens with zero attached hydrogens (tertiary/aromatic N) is 3. The summed E-state index contributed by atoms with van der Waals surface area (Å²) in [5.41, 5.74) is 4.00. The lowest BCUT2D eigenvalue weighted by molar-refractivity contribution is -0.140. The average Bonchev–Trinajstić information content (AvgIpc) is 3.56. The minimum Gasteiger partial charge on any atom is -0.497 e. The molecule has 4 aromatic rings. The molecule has 3 aromatic carbocycles. The van der Waals surface area contributed by atoms with Gasteiger partial charge in [0.15, 0.2) is 5.13 Å². The third kappa shape index (κ3) is 5.28. The first-order valence-corrected chi connectivity index (χ1v) is 12.8. The van der Waals surface area contributed by atoms with Gasteiger partial charge in [0.05, 0.1) is 23.2 Å². The summed E-state index contributed by atoms with van der Waals surface area (Å²) in [5.74, 6) is -0.461. The topological polar surface area (TPSA) is 65.9 Å². The zero-order valence-corrected chi connectivity index (χ0v) is 20.9. The number of ether oxygens (including phenoxy) is 1. The van der Waals surface area contributed by atoms with Crippen LogP contribution in [-0.4, -0.2) is 42.8 Å². The third-order valence-corrected chi connectivity index (χ3v) is 7.81. The Hall–Kier alpha value is -3.65. The molecule has 2 heterocycles. The Kier molecular flexibility index (Phi) is 7.04. The van der Waals surface area contributed by atoms with Crippen molar-refractivity contribution < 1.29 is 19.0 Å². The largest absolute Gasteiger partial charge is 0.497 e. The SMILES string of the molecule is COc1ccc(CCN(Cc2ccc(N3CC[C@H](C(=O)O)C3)cc2)c2nc3cccc(F)c3s2)cc1. The number of carbonyl (C=O) groups is 1. The van der Waals surface area contributed by atoms with Crippen molar-refractivity contribution in [3.05, 3.63) is 83.7 Å². The van der Waals surface area contributed by atoms with Gasteiger partial charge < -0.3 is 19.6 Å². The number of aliphatic carboxylic acids is 1. The number of thiazole rings is 1. The third-order valence-electron chi connectivity index (χ3n) is 6.67. The van der Waals surface area contributed by atoms with Crippen LogP contribution in [0.5, 0.6) is 5.75 Å². The van der Waals surface area contributed by atoms with Crippen LogP contribution in [0.2, 0.25) is 0 Å². The van der Waals surface area contributed by atoms with E-state index >= 15 is 0 Å². The molecule has 36 heavy (non-hydrogen) atoms. The maximum Gasteiger partial charge on any atom is 0.308 e. The lowest BCUT2D eigenvalue weighted by Gasteiger charge is -2.23. The number of anilines is 2. The van der Waals surface area contributed by atoms with Gasteiger partial charge in [0, 0.05) is 31.9 Å². The molecular formula is C28H28FN3O3S. The fourth-order valence-electron chi connectivity index (χ4n) is 4.57. The Morgan fingerprint density at radius 1 is 1.14 bits per heavy atom. The van der Waals surface area contributed by atoms with E-state index in [0.717, 1.165) is 41.6 Å². The van der Waals surface area contributed by atoms with E-state index in [1.54, 1.807) is 13.2 Å². The van der Waals surface area contributed by atoms with E-state index in [4.69, 9.17) is 9.72 Å². The number of carboxylic acid groups (broad SMARTS) is 1. The molecule has 1 fully saturated rings. The van der Waals surface area contributed by atoms with Crippen molar-refractivity contribution in [3.8, 4) is 5.75 Å². The number of carboxylic acids is 1. The van der Waals surface area contributed by atoms with Gasteiger partial charge in [0.2, 0.25) is 0 Å². The number of benzene rings is 3. The van der Waals surface area contributed by atoms with Gasteiger partial charge in [-0.15, -0.1) is 0 Å². The second kappa shape index (κ2) is 10.5. The van der Waals surface area contributed by atoms with Crippen LogP contribution in [-0.2, 0) is 17.8 Å². The molecule has 1 aliphatic heterocycles. The summed E-state index contributed by atoms with van der Waals surface area (Å²) >= 11 is 1.37. The molecule has 5 rings (SSSR count). The van der Waals surface area contributed by atoms with Crippen LogP contribution < -0.4 is 14.5 Å². The molecule has 1 atom stereocenters. The predicted molar refractivity (Wildman–Crippen MR) is 142 cm³/mol. The molecule has 0 bridgehead atoms. The first-order valence-electron chi connectivity index (χ1n) is 12.0. The molecule has 1 saturated heterocycles. The minimum atomic E-state index is -0.728. The normalized spacial score (nSPS) is 15.4. The summed E-state index contributed by atoms with van der Waals surface area (Å²) in [6.07, 6.45) is 1.48. The molecular weight excluding hydrogens is 477 g/mol. The highest BCUT2D eigenvalue weighted by molar-refractivity contribution is 7.22. The van der Waals surface area contributed by atoms with Crippen molar-refractivity contribution in [1.82, 2.24) is 4.98 Å². The van der Waals surface area contributed by atoms with Crippen molar-refractivity contribution in [2.45, 2.75) is 19.4 Å². The lowest BCUT2D eigenvalue weighted by Crippen LogP contribution is -2.25. The van der Waals surface area contributed by atoms with Crippen molar-refractivity contribution >= 4 is 38.3 Å². The van der Waals surface area contributed by atoms with Crippen LogP contribution in [0, 0.1) is 11.7 Å². The fourth-order valence-corrected chi connectivity index (χ4v) is 5.56. The fraction of sp³-hybridized carbons (Fsp3) is 0.286. The zero-order chi connectivity index (χ0) is 25.1. The summed E-state index contributed by atoms with van der Waals surface area (Å²) in [6, 6.07) is 21.3. The van der Waals surface area contributed by atoms with Crippen molar-refractivity contribution in [2.24, 2.45) is 5.92 Å². The van der Waals surface area contributed by atoms with Crippen molar-refractivity contribution in [1.29, 1.82) is 0 Å². The van der Waals surface area contributed by atoms with Gasteiger partial charge in [0.1, 0.15) is 11.6 Å². The highest BCUT2D eigenvalue weighted by atomic mass is 32.1. The van der Waals surface area contributed by atoms with Crippen molar-refractivity contribution in [3.63, 3.8) is 0 Å². The molecule has 6 nitrogen and oxygen atoms in total. The van der Waals surface area contributed by atoms with Crippen LogP contribution in [0.1, 0.15) is 17.5 Å². The Bertz CT molecular complexity index is 1340. The monoisotopic (exact) mass is 505 g/mol. The zero-order valence-electron chi connectivity index (χ0n) is 20.1. The number of halogens is 1. The Labute approximate surface area is 213 Å². The summed E-state index contributed by atoms with van der Waals surface area (Å²) in [6.45, 7) is 2.65. The molecule has 0 spiro atoms. The number of hydrogen-bond acceptors (Lipinski definition) is 6. The Morgan fingerprint density at radius 2 is 1.89 bits per heavy atom. The van der Waals surface area contributed by atoms with E-state index < -0.39 is 5.97 Å². The van der Waals surface area contributed by atoms with Crippen molar-refractivity contribution in [2.75, 3.05) is 36.5 Å². The van der Waals surface area contributed by atoms with Gasteiger partial charge in [-0.3, -0.25) is 4.79 Å².